The smallest absolute Gasteiger partial charge is 0.120 e. The molecule has 5 rings (SSSR count). The highest BCUT2D eigenvalue weighted by Crippen LogP contribution is 2.70. The molecule has 1 aromatic rings. The van der Waals surface area contributed by atoms with Crippen molar-refractivity contribution < 1.29 is 20.1 Å². The molecule has 1 aromatic carbocycles. The Labute approximate surface area is 217 Å². The van der Waals surface area contributed by atoms with Crippen molar-refractivity contribution in [1.29, 1.82) is 0 Å². The van der Waals surface area contributed by atoms with Crippen molar-refractivity contribution in [3.8, 4) is 11.8 Å². The molecule has 36 heavy (non-hydrogen) atoms. The molecule has 0 saturated heterocycles. The van der Waals surface area contributed by atoms with E-state index < -0.39 is 17.8 Å². The lowest BCUT2D eigenvalue weighted by Crippen LogP contribution is -2.69. The average Bonchev–Trinajstić information content (AvgIpc) is 3.70. The van der Waals surface area contributed by atoms with Crippen LogP contribution in [0, 0.1) is 58.2 Å². The summed E-state index contributed by atoms with van der Waals surface area (Å²) in [7, 11) is 0. The van der Waals surface area contributed by atoms with Crippen LogP contribution in [0.2, 0.25) is 0 Å². The number of benzene rings is 1. The van der Waals surface area contributed by atoms with Crippen LogP contribution in [0.4, 0.5) is 0 Å². The van der Waals surface area contributed by atoms with Gasteiger partial charge in [-0.3, -0.25) is 0 Å². The SMILES string of the molecule is CC1[C@H](C)C2C(C3CC3)[C@@](C)([C@H](O)C#CCOCc3ccccc3)CCC2[C@@]2(C)CC[C@H](O)C[C@@]12O. The van der Waals surface area contributed by atoms with Gasteiger partial charge in [0.15, 0.2) is 0 Å². The lowest BCUT2D eigenvalue weighted by Gasteiger charge is -2.68. The van der Waals surface area contributed by atoms with Crippen molar-refractivity contribution in [1.82, 2.24) is 0 Å². The van der Waals surface area contributed by atoms with E-state index in [-0.39, 0.29) is 16.7 Å². The highest BCUT2D eigenvalue weighted by molar-refractivity contribution is 5.21. The molecule has 0 aromatic heterocycles. The Morgan fingerprint density at radius 3 is 2.47 bits per heavy atom. The first kappa shape index (κ1) is 26.2. The van der Waals surface area contributed by atoms with E-state index in [2.05, 4.69) is 39.5 Å². The molecule has 4 aliphatic rings. The molecule has 3 N–H and O–H groups in total. The lowest BCUT2D eigenvalue weighted by atomic mass is 9.38. The predicted molar refractivity (Wildman–Crippen MR) is 142 cm³/mol. The molecule has 0 spiro atoms. The molecule has 4 heteroatoms. The van der Waals surface area contributed by atoms with Gasteiger partial charge in [-0.1, -0.05) is 69.9 Å². The Balaban J connectivity index is 1.35. The molecule has 4 unspecified atom stereocenters. The maximum Gasteiger partial charge on any atom is 0.120 e. The standard InChI is InChI=1S/C32H46O4/c1-21-22(2)32(35)19-25(33)14-17-31(32,4)26-15-16-30(3,29(28(21)26)24-12-13-24)27(34)11-8-18-36-20-23-9-6-5-7-10-23/h5-7,9-10,21-22,24-29,33-35H,12-20H2,1-4H3/t21-,22?,25-,26?,27+,28?,29?,30+,31+,32+/m0/s1. The largest absolute Gasteiger partial charge is 0.393 e. The van der Waals surface area contributed by atoms with Crippen molar-refractivity contribution >= 4 is 0 Å². The third-order valence-corrected chi connectivity index (χ3v) is 11.4. The maximum absolute atomic E-state index is 12.1. The van der Waals surface area contributed by atoms with Crippen molar-refractivity contribution in [3.05, 3.63) is 35.9 Å². The van der Waals surface area contributed by atoms with Gasteiger partial charge in [-0.25, -0.2) is 0 Å². The fraction of sp³-hybridized carbons (Fsp3) is 0.750. The van der Waals surface area contributed by atoms with Crippen LogP contribution in [0.1, 0.15) is 78.2 Å². The van der Waals surface area contributed by atoms with Crippen molar-refractivity contribution in [2.75, 3.05) is 6.61 Å². The van der Waals surface area contributed by atoms with E-state index in [1.165, 1.54) is 12.8 Å². The molecule has 198 valence electrons. The van der Waals surface area contributed by atoms with E-state index in [1.807, 2.05) is 30.3 Å². The van der Waals surface area contributed by atoms with Gasteiger partial charge in [-0.15, -0.1) is 0 Å². The highest BCUT2D eigenvalue weighted by Gasteiger charge is 2.68. The van der Waals surface area contributed by atoms with E-state index in [1.54, 1.807) is 0 Å². The van der Waals surface area contributed by atoms with Crippen molar-refractivity contribution in [2.24, 2.45) is 46.3 Å². The Kier molecular flexibility index (Phi) is 7.09. The molecular formula is C32H46O4. The minimum absolute atomic E-state index is 0.122. The molecular weight excluding hydrogens is 448 g/mol. The zero-order valence-electron chi connectivity index (χ0n) is 22.6. The number of ether oxygens (including phenoxy) is 1. The first-order valence-electron chi connectivity index (χ1n) is 14.3. The van der Waals surface area contributed by atoms with Gasteiger partial charge < -0.3 is 20.1 Å². The monoisotopic (exact) mass is 494 g/mol. The maximum atomic E-state index is 12.1. The van der Waals surface area contributed by atoms with Crippen LogP contribution < -0.4 is 0 Å². The van der Waals surface area contributed by atoms with Gasteiger partial charge in [-0.2, -0.15) is 0 Å². The fourth-order valence-electron chi connectivity index (χ4n) is 9.03. The summed E-state index contributed by atoms with van der Waals surface area (Å²) in [4.78, 5) is 0. The molecule has 4 fully saturated rings. The molecule has 10 atom stereocenters. The Bertz CT molecular complexity index is 979. The summed E-state index contributed by atoms with van der Waals surface area (Å²) in [5, 5.41) is 34.1. The van der Waals surface area contributed by atoms with Crippen molar-refractivity contribution in [2.45, 2.75) is 97.1 Å². The number of hydrogen-bond acceptors (Lipinski definition) is 4. The molecule has 0 radical (unpaired) electrons. The Morgan fingerprint density at radius 2 is 1.78 bits per heavy atom. The molecule has 0 amide bonds. The summed E-state index contributed by atoms with van der Waals surface area (Å²) in [6.07, 6.45) is 5.53. The summed E-state index contributed by atoms with van der Waals surface area (Å²) in [5.74, 6) is 8.74. The number of hydrogen-bond donors (Lipinski definition) is 3. The van der Waals surface area contributed by atoms with Gasteiger partial charge in [0.25, 0.3) is 0 Å². The normalized spacial score (nSPS) is 45.1. The van der Waals surface area contributed by atoms with Gasteiger partial charge in [-0.05, 0) is 85.0 Å². The van der Waals surface area contributed by atoms with Crippen LogP contribution in [0.3, 0.4) is 0 Å². The second-order valence-electron chi connectivity index (χ2n) is 13.2. The third-order valence-electron chi connectivity index (χ3n) is 11.4. The summed E-state index contributed by atoms with van der Waals surface area (Å²) >= 11 is 0. The third kappa shape index (κ3) is 4.25. The molecule has 0 bridgehead atoms. The topological polar surface area (TPSA) is 69.9 Å². The van der Waals surface area contributed by atoms with Crippen LogP contribution in [0.25, 0.3) is 0 Å². The number of fused-ring (bicyclic) bond motifs is 3. The Morgan fingerprint density at radius 1 is 1.06 bits per heavy atom. The van der Waals surface area contributed by atoms with E-state index >= 15 is 0 Å². The van der Waals surface area contributed by atoms with Crippen LogP contribution >= 0.6 is 0 Å². The minimum atomic E-state index is -0.818. The predicted octanol–water partition coefficient (Wildman–Crippen LogP) is 5.19. The zero-order chi connectivity index (χ0) is 25.7. The lowest BCUT2D eigenvalue weighted by molar-refractivity contribution is -0.267. The molecule has 4 nitrogen and oxygen atoms in total. The summed E-state index contributed by atoms with van der Waals surface area (Å²) in [6, 6.07) is 10.1. The first-order chi connectivity index (χ1) is 17.1. The van der Waals surface area contributed by atoms with Gasteiger partial charge in [0.05, 0.1) is 18.3 Å². The minimum Gasteiger partial charge on any atom is -0.393 e. The zero-order valence-corrected chi connectivity index (χ0v) is 22.6. The first-order valence-corrected chi connectivity index (χ1v) is 14.3. The van der Waals surface area contributed by atoms with Gasteiger partial charge in [0.1, 0.15) is 12.7 Å². The number of aliphatic hydroxyl groups is 3. The summed E-state index contributed by atoms with van der Waals surface area (Å²) in [6.45, 7) is 9.99. The second-order valence-corrected chi connectivity index (χ2v) is 13.2. The molecule has 4 saturated carbocycles. The quantitative estimate of drug-likeness (QED) is 0.389. The average molecular weight is 495 g/mol. The van der Waals surface area contributed by atoms with Crippen LogP contribution in [-0.2, 0) is 11.3 Å². The molecule has 4 aliphatic carbocycles. The van der Waals surface area contributed by atoms with E-state index in [9.17, 15) is 15.3 Å². The summed E-state index contributed by atoms with van der Waals surface area (Å²) in [5.41, 5.74) is -0.119. The van der Waals surface area contributed by atoms with E-state index in [0.717, 1.165) is 31.2 Å². The second kappa shape index (κ2) is 9.73. The van der Waals surface area contributed by atoms with Crippen LogP contribution in [0.15, 0.2) is 30.3 Å². The summed E-state index contributed by atoms with van der Waals surface area (Å²) < 4.78 is 5.75. The van der Waals surface area contributed by atoms with E-state index in [4.69, 9.17) is 4.74 Å². The van der Waals surface area contributed by atoms with Gasteiger partial charge in [0.2, 0.25) is 0 Å². The highest BCUT2D eigenvalue weighted by atomic mass is 16.5. The number of aliphatic hydroxyl groups excluding tert-OH is 2. The fourth-order valence-corrected chi connectivity index (χ4v) is 9.03. The van der Waals surface area contributed by atoms with Gasteiger partial charge >= 0.3 is 0 Å². The van der Waals surface area contributed by atoms with Gasteiger partial charge in [0, 0.05) is 11.8 Å². The molecule has 0 aliphatic heterocycles. The van der Waals surface area contributed by atoms with Crippen LogP contribution in [-0.4, -0.2) is 39.7 Å². The van der Waals surface area contributed by atoms with Crippen LogP contribution in [0.5, 0.6) is 0 Å². The Hall–Kier alpha value is -1.38. The molecule has 0 heterocycles. The number of rotatable bonds is 5. The van der Waals surface area contributed by atoms with E-state index in [0.29, 0.717) is 49.2 Å². The van der Waals surface area contributed by atoms with Crippen molar-refractivity contribution in [3.63, 3.8) is 0 Å².